The molecular formula is C14H11BrFN7O3. The van der Waals surface area contributed by atoms with Crippen LogP contribution in [0.5, 0.6) is 0 Å². The summed E-state index contributed by atoms with van der Waals surface area (Å²) >= 11 is 3.07. The Kier molecular flexibility index (Phi) is 5.40. The van der Waals surface area contributed by atoms with Gasteiger partial charge < -0.3 is 10.6 Å². The zero-order valence-corrected chi connectivity index (χ0v) is 14.7. The Morgan fingerprint density at radius 3 is 2.92 bits per heavy atom. The third-order valence-electron chi connectivity index (χ3n) is 3.26. The van der Waals surface area contributed by atoms with Crippen molar-refractivity contribution in [3.8, 4) is 23.3 Å². The molecule has 0 radical (unpaired) electrons. The maximum atomic E-state index is 13.5. The van der Waals surface area contributed by atoms with E-state index in [-0.39, 0.29) is 28.4 Å². The lowest BCUT2D eigenvalue weighted by molar-refractivity contribution is 0.309. The Morgan fingerprint density at radius 2 is 2.15 bits per heavy atom. The Labute approximate surface area is 153 Å². The first-order valence-electron chi connectivity index (χ1n) is 7.30. The Balaban J connectivity index is 1.90. The van der Waals surface area contributed by atoms with Crippen LogP contribution < -0.4 is 16.4 Å². The third kappa shape index (κ3) is 3.63. The second-order valence-corrected chi connectivity index (χ2v) is 5.78. The average Bonchev–Trinajstić information content (AvgIpc) is 3.23. The minimum Gasteiger partial charge on any atom is -0.364 e. The van der Waals surface area contributed by atoms with Gasteiger partial charge in [-0.3, -0.25) is 4.52 Å². The molecule has 0 bridgehead atoms. The number of nitrogens with one attached hydrogen (secondary N) is 2. The maximum absolute atomic E-state index is 13.5. The Morgan fingerprint density at radius 1 is 1.31 bits per heavy atom. The van der Waals surface area contributed by atoms with Gasteiger partial charge in [-0.15, -0.1) is 0 Å². The lowest BCUT2D eigenvalue weighted by Crippen LogP contribution is -2.22. The molecule has 0 amide bonds. The molecule has 2 N–H and O–H groups in total. The topological polar surface area (TPSA) is 135 Å². The SMILES string of the molecule is N#CCNCCNc1nonc1-c1noc(=O)n1-c1ccc(F)c(Br)c1. The molecule has 2 heterocycles. The Bertz CT molecular complexity index is 1010. The van der Waals surface area contributed by atoms with Gasteiger partial charge in [-0.1, -0.05) is 5.16 Å². The summed E-state index contributed by atoms with van der Waals surface area (Å²) in [5, 5.41) is 25.5. The highest BCUT2D eigenvalue weighted by atomic mass is 79.9. The molecule has 2 aromatic heterocycles. The van der Waals surface area contributed by atoms with Crippen LogP contribution in [0.3, 0.4) is 0 Å². The number of nitriles is 1. The lowest BCUT2D eigenvalue weighted by Gasteiger charge is -2.06. The van der Waals surface area contributed by atoms with Crippen molar-refractivity contribution >= 4 is 21.7 Å². The van der Waals surface area contributed by atoms with Crippen molar-refractivity contribution in [1.82, 2.24) is 25.4 Å². The second-order valence-electron chi connectivity index (χ2n) is 4.93. The van der Waals surface area contributed by atoms with Gasteiger partial charge in [0.2, 0.25) is 11.6 Å². The van der Waals surface area contributed by atoms with Gasteiger partial charge in [0.1, 0.15) is 5.82 Å². The van der Waals surface area contributed by atoms with Crippen LogP contribution in [-0.4, -0.2) is 39.7 Å². The van der Waals surface area contributed by atoms with Crippen molar-refractivity contribution < 1.29 is 13.5 Å². The summed E-state index contributed by atoms with van der Waals surface area (Å²) in [6, 6.07) is 5.96. The quantitative estimate of drug-likeness (QED) is 0.425. The van der Waals surface area contributed by atoms with E-state index in [1.807, 2.05) is 6.07 Å². The smallest absolute Gasteiger partial charge is 0.364 e. The molecule has 3 rings (SSSR count). The molecule has 0 aliphatic rings. The normalized spacial score (nSPS) is 10.7. The van der Waals surface area contributed by atoms with Gasteiger partial charge in [-0.05, 0) is 44.4 Å². The first-order chi connectivity index (χ1) is 12.6. The second kappa shape index (κ2) is 7.89. The minimum atomic E-state index is -0.775. The molecule has 12 heteroatoms. The number of nitrogens with zero attached hydrogens (tertiary/aromatic N) is 5. The van der Waals surface area contributed by atoms with Crippen LogP contribution in [0.15, 0.2) is 36.6 Å². The van der Waals surface area contributed by atoms with Gasteiger partial charge in [0.15, 0.2) is 5.69 Å². The number of aromatic nitrogens is 4. The number of hydrogen-bond donors (Lipinski definition) is 2. The summed E-state index contributed by atoms with van der Waals surface area (Å²) < 4.78 is 24.2. The molecule has 0 spiro atoms. The summed E-state index contributed by atoms with van der Waals surface area (Å²) in [4.78, 5) is 12.1. The van der Waals surface area contributed by atoms with E-state index in [0.717, 1.165) is 4.57 Å². The average molecular weight is 424 g/mol. The van der Waals surface area contributed by atoms with Crippen LogP contribution >= 0.6 is 15.9 Å². The van der Waals surface area contributed by atoms with Crippen LogP contribution in [0.4, 0.5) is 10.2 Å². The monoisotopic (exact) mass is 423 g/mol. The van der Waals surface area contributed by atoms with E-state index in [2.05, 4.69) is 42.0 Å². The molecule has 26 heavy (non-hydrogen) atoms. The lowest BCUT2D eigenvalue weighted by atomic mass is 10.3. The molecule has 0 atom stereocenters. The van der Waals surface area contributed by atoms with E-state index in [0.29, 0.717) is 18.8 Å². The summed E-state index contributed by atoms with van der Waals surface area (Å²) in [7, 11) is 0. The van der Waals surface area contributed by atoms with Crippen molar-refractivity contribution in [2.45, 2.75) is 0 Å². The first-order valence-corrected chi connectivity index (χ1v) is 8.09. The highest BCUT2D eigenvalue weighted by molar-refractivity contribution is 9.10. The largest absolute Gasteiger partial charge is 0.446 e. The fourth-order valence-electron chi connectivity index (χ4n) is 2.12. The fourth-order valence-corrected chi connectivity index (χ4v) is 2.48. The fraction of sp³-hybridized carbons (Fsp3) is 0.214. The molecule has 0 saturated heterocycles. The predicted molar refractivity (Wildman–Crippen MR) is 90.0 cm³/mol. The van der Waals surface area contributed by atoms with E-state index in [9.17, 15) is 9.18 Å². The van der Waals surface area contributed by atoms with Gasteiger partial charge in [-0.25, -0.2) is 18.4 Å². The van der Waals surface area contributed by atoms with Crippen molar-refractivity contribution in [3.63, 3.8) is 0 Å². The van der Waals surface area contributed by atoms with Gasteiger partial charge in [0.05, 0.1) is 22.8 Å². The van der Waals surface area contributed by atoms with Gasteiger partial charge in [0, 0.05) is 13.1 Å². The number of halogens is 2. The van der Waals surface area contributed by atoms with Gasteiger partial charge in [-0.2, -0.15) is 5.26 Å². The van der Waals surface area contributed by atoms with Crippen LogP contribution in [0, 0.1) is 17.1 Å². The molecule has 3 aromatic rings. The molecule has 0 aliphatic carbocycles. The van der Waals surface area contributed by atoms with Crippen molar-refractivity contribution in [1.29, 1.82) is 5.26 Å². The van der Waals surface area contributed by atoms with E-state index >= 15 is 0 Å². The molecule has 0 unspecified atom stereocenters. The number of anilines is 1. The molecule has 1 aromatic carbocycles. The van der Waals surface area contributed by atoms with Crippen molar-refractivity contribution in [2.75, 3.05) is 25.0 Å². The summed E-state index contributed by atoms with van der Waals surface area (Å²) in [6.45, 7) is 1.14. The zero-order chi connectivity index (χ0) is 18.5. The summed E-state index contributed by atoms with van der Waals surface area (Å²) in [6.07, 6.45) is 0. The molecule has 0 saturated carbocycles. The third-order valence-corrected chi connectivity index (χ3v) is 3.87. The van der Waals surface area contributed by atoms with Gasteiger partial charge in [0.25, 0.3) is 0 Å². The molecular weight excluding hydrogens is 413 g/mol. The van der Waals surface area contributed by atoms with Crippen LogP contribution in [-0.2, 0) is 0 Å². The van der Waals surface area contributed by atoms with E-state index < -0.39 is 11.6 Å². The van der Waals surface area contributed by atoms with E-state index in [1.165, 1.54) is 18.2 Å². The highest BCUT2D eigenvalue weighted by Crippen LogP contribution is 2.25. The van der Waals surface area contributed by atoms with Crippen molar-refractivity contribution in [2.24, 2.45) is 0 Å². The molecule has 134 valence electrons. The minimum absolute atomic E-state index is 0.0437. The maximum Gasteiger partial charge on any atom is 0.446 e. The number of rotatable bonds is 7. The van der Waals surface area contributed by atoms with Crippen molar-refractivity contribution in [3.05, 3.63) is 39.0 Å². The van der Waals surface area contributed by atoms with E-state index in [4.69, 9.17) is 14.4 Å². The highest BCUT2D eigenvalue weighted by Gasteiger charge is 2.22. The summed E-state index contributed by atoms with van der Waals surface area (Å²) in [5.74, 6) is -0.965. The summed E-state index contributed by atoms with van der Waals surface area (Å²) in [5.41, 5.74) is 0.473. The first kappa shape index (κ1) is 17.8. The van der Waals surface area contributed by atoms with Crippen LogP contribution in [0.2, 0.25) is 0 Å². The number of hydrogen-bond acceptors (Lipinski definition) is 9. The van der Waals surface area contributed by atoms with Gasteiger partial charge >= 0.3 is 5.76 Å². The standard InChI is InChI=1S/C14H11BrFN7O3/c15-9-7-8(1-2-10(9)16)23-13(22-25-14(23)24)11-12(21-26-20-11)19-6-5-18-4-3-17/h1-2,7,18H,4-6H2,(H,19,21). The van der Waals surface area contributed by atoms with E-state index in [1.54, 1.807) is 0 Å². The van der Waals surface area contributed by atoms with Crippen LogP contribution in [0.1, 0.15) is 0 Å². The predicted octanol–water partition coefficient (Wildman–Crippen LogP) is 1.30. The Hall–Kier alpha value is -3.04. The molecule has 0 fully saturated rings. The molecule has 10 nitrogen and oxygen atoms in total. The zero-order valence-electron chi connectivity index (χ0n) is 13.1. The van der Waals surface area contributed by atoms with Crippen LogP contribution in [0.25, 0.3) is 17.2 Å². The molecule has 0 aliphatic heterocycles. The number of benzene rings is 1.